The second-order valence-corrected chi connectivity index (χ2v) is 14.8. The van der Waals surface area contributed by atoms with Crippen LogP contribution in [0.1, 0.15) is 48.5 Å². The molecule has 0 radical (unpaired) electrons. The Labute approximate surface area is 317 Å². The van der Waals surface area contributed by atoms with E-state index in [2.05, 4.69) is 33.4 Å². The number of hydrogen-bond donors (Lipinski definition) is 5. The van der Waals surface area contributed by atoms with Crippen LogP contribution < -0.4 is 21.5 Å². The van der Waals surface area contributed by atoms with Gasteiger partial charge in [0.15, 0.2) is 5.58 Å². The number of anilines is 1. The largest absolute Gasteiger partial charge is 0.506 e. The van der Waals surface area contributed by atoms with E-state index < -0.39 is 18.0 Å². The van der Waals surface area contributed by atoms with E-state index in [1.54, 1.807) is 21.6 Å². The van der Waals surface area contributed by atoms with Gasteiger partial charge in [-0.3, -0.25) is 14.3 Å². The smallest absolute Gasteiger partial charge is 0.419 e. The Balaban J connectivity index is 0.914. The molecule has 2 atom stereocenters. The molecule has 2 aromatic heterocycles. The highest BCUT2D eigenvalue weighted by molar-refractivity contribution is 5.94. The Hall–Kier alpha value is -5.69. The number of rotatable bonds is 13. The van der Waals surface area contributed by atoms with Crippen LogP contribution in [0.15, 0.2) is 105 Å². The molecule has 4 aromatic carbocycles. The monoisotopic (exact) mass is 743 g/mol. The Kier molecular flexibility index (Phi) is 10.3. The minimum absolute atomic E-state index is 0.0650. The Morgan fingerprint density at radius 1 is 0.945 bits per heavy atom. The van der Waals surface area contributed by atoms with Gasteiger partial charge >= 0.3 is 11.8 Å². The maximum Gasteiger partial charge on any atom is 0.419 e. The Morgan fingerprint density at radius 2 is 1.75 bits per heavy atom. The lowest BCUT2D eigenvalue weighted by molar-refractivity contribution is 0.0837. The molecule has 1 amide bonds. The predicted molar refractivity (Wildman–Crippen MR) is 212 cm³/mol. The molecule has 0 unspecified atom stereocenters. The van der Waals surface area contributed by atoms with E-state index in [1.165, 1.54) is 12.1 Å². The quantitative estimate of drug-likeness (QED) is 0.0863. The van der Waals surface area contributed by atoms with Gasteiger partial charge in [0.2, 0.25) is 5.56 Å². The van der Waals surface area contributed by atoms with Crippen molar-refractivity contribution in [3.63, 3.8) is 0 Å². The van der Waals surface area contributed by atoms with Crippen LogP contribution in [0.5, 0.6) is 5.75 Å². The van der Waals surface area contributed by atoms with E-state index in [0.29, 0.717) is 41.1 Å². The molecule has 9 rings (SSSR count). The molecule has 12 nitrogen and oxygen atoms in total. The normalized spacial score (nSPS) is 18.5. The summed E-state index contributed by atoms with van der Waals surface area (Å²) in [5.41, 5.74) is 6.28. The van der Waals surface area contributed by atoms with Gasteiger partial charge in [-0.25, -0.2) is 9.59 Å². The maximum atomic E-state index is 12.9. The predicted octanol–water partition coefficient (Wildman–Crippen LogP) is 6.23. The number of H-pyrrole nitrogens is 1. The van der Waals surface area contributed by atoms with Gasteiger partial charge in [0.1, 0.15) is 5.75 Å². The van der Waals surface area contributed by atoms with Crippen LogP contribution in [-0.2, 0) is 19.5 Å². The van der Waals surface area contributed by atoms with Gasteiger partial charge in [-0.05, 0) is 104 Å². The lowest BCUT2D eigenvalue weighted by Gasteiger charge is -2.48. The van der Waals surface area contributed by atoms with E-state index in [0.717, 1.165) is 79.7 Å². The first kappa shape index (κ1) is 36.3. The molecule has 3 aliphatic rings. The molecule has 0 aliphatic carbocycles. The van der Waals surface area contributed by atoms with Crippen LogP contribution in [-0.4, -0.2) is 68.1 Å². The van der Waals surface area contributed by atoms with Gasteiger partial charge < -0.3 is 34.9 Å². The fraction of sp³-hybridized carbons (Fsp3) is 0.326. The number of amides is 1. The molecule has 5 N–H and O–H groups in total. The van der Waals surface area contributed by atoms with Gasteiger partial charge in [-0.2, -0.15) is 0 Å². The van der Waals surface area contributed by atoms with Crippen molar-refractivity contribution in [1.29, 1.82) is 0 Å². The van der Waals surface area contributed by atoms with Crippen molar-refractivity contribution >= 4 is 33.8 Å². The summed E-state index contributed by atoms with van der Waals surface area (Å²) < 4.78 is 7.28. The molecule has 6 aromatic rings. The Bertz CT molecular complexity index is 2450. The Morgan fingerprint density at radius 3 is 2.51 bits per heavy atom. The summed E-state index contributed by atoms with van der Waals surface area (Å²) in [6, 6.07) is 27.7. The number of fused-ring (bicyclic) bond motifs is 5. The third-order valence-electron chi connectivity index (χ3n) is 11.3. The van der Waals surface area contributed by atoms with Gasteiger partial charge in [-0.1, -0.05) is 54.6 Å². The number of aryl methyl sites for hydroxylation is 2. The number of piperidine rings is 3. The number of phenolic OH excluding ortho intramolecular Hbond substituents is 1. The van der Waals surface area contributed by atoms with Crippen molar-refractivity contribution in [3.8, 4) is 16.9 Å². The highest BCUT2D eigenvalue weighted by Gasteiger charge is 2.41. The minimum Gasteiger partial charge on any atom is -0.506 e. The number of pyridine rings is 1. The summed E-state index contributed by atoms with van der Waals surface area (Å²) in [4.78, 5) is 44.3. The third kappa shape index (κ3) is 7.53. The number of nitrogens with one attached hydrogen (secondary N) is 2. The second-order valence-electron chi connectivity index (χ2n) is 14.8. The van der Waals surface area contributed by atoms with E-state index in [9.17, 15) is 29.7 Å². The SMILES string of the molecule is O=C(O)N(c1cc(CCCCn2c(=O)oc3cc(CNC[C@@H](O)c4ccc(O)c5[nH]c(=O)ccc45)ccc32)ccc1-c1ccccc1)[C@H]1CN2CCC1CC2. The number of aliphatic hydroxyl groups excluding tert-OH is 1. The molecule has 12 heteroatoms. The highest BCUT2D eigenvalue weighted by Crippen LogP contribution is 2.39. The number of aromatic hydroxyl groups is 1. The summed E-state index contributed by atoms with van der Waals surface area (Å²) in [6.07, 6.45) is 2.49. The summed E-state index contributed by atoms with van der Waals surface area (Å²) in [5.74, 6) is -0.133. The van der Waals surface area contributed by atoms with Gasteiger partial charge in [0, 0.05) is 43.2 Å². The highest BCUT2D eigenvalue weighted by atomic mass is 16.4. The van der Waals surface area contributed by atoms with Gasteiger partial charge in [0.05, 0.1) is 28.9 Å². The minimum atomic E-state index is -0.918. The summed E-state index contributed by atoms with van der Waals surface area (Å²) in [7, 11) is 0. The van der Waals surface area contributed by atoms with Gasteiger partial charge in [-0.15, -0.1) is 0 Å². The fourth-order valence-corrected chi connectivity index (χ4v) is 8.49. The second kappa shape index (κ2) is 15.6. The molecule has 3 saturated heterocycles. The number of carboxylic acid groups (broad SMARTS) is 1. The van der Waals surface area contributed by atoms with Crippen LogP contribution in [0.3, 0.4) is 0 Å². The molecule has 3 aliphatic heterocycles. The van der Waals surface area contributed by atoms with Crippen molar-refractivity contribution in [3.05, 3.63) is 129 Å². The van der Waals surface area contributed by atoms with Crippen molar-refractivity contribution in [2.24, 2.45) is 5.92 Å². The van der Waals surface area contributed by atoms with E-state index in [-0.39, 0.29) is 29.4 Å². The van der Waals surface area contributed by atoms with Crippen molar-refractivity contribution in [1.82, 2.24) is 19.8 Å². The van der Waals surface area contributed by atoms with Crippen LogP contribution >= 0.6 is 0 Å². The van der Waals surface area contributed by atoms with Crippen LogP contribution in [0.2, 0.25) is 0 Å². The molecule has 2 bridgehead atoms. The van der Waals surface area contributed by atoms with Crippen molar-refractivity contribution in [2.45, 2.75) is 57.3 Å². The molecule has 0 saturated carbocycles. The van der Waals surface area contributed by atoms with Crippen molar-refractivity contribution in [2.75, 3.05) is 31.1 Å². The standard InChI is InChI=1S/C43H45N5O7/c49-37-15-12-32(33-13-16-40(51)45-41(33)37)38(50)25-44-24-28-10-14-34-39(23-28)55-43(54)47(34)19-5-4-6-27-9-11-31(29-7-2-1-3-8-29)35(22-27)48(42(52)53)36-26-46-20-17-30(36)18-21-46/h1-3,7-16,22-23,30,36,38,44,49-50H,4-6,17-21,24-26H2,(H,45,51)(H,52,53)/t36-,38+/m0/s1. The molecular weight excluding hydrogens is 699 g/mol. The zero-order valence-electron chi connectivity index (χ0n) is 30.5. The number of oxazole rings is 1. The molecule has 55 heavy (non-hydrogen) atoms. The van der Waals surface area contributed by atoms with Gasteiger partial charge in [0.25, 0.3) is 0 Å². The lowest BCUT2D eigenvalue weighted by atomic mass is 9.82. The first-order valence-electron chi connectivity index (χ1n) is 19.0. The van der Waals surface area contributed by atoms with E-state index in [4.69, 9.17) is 4.42 Å². The zero-order chi connectivity index (χ0) is 38.1. The number of nitrogens with zero attached hydrogens (tertiary/aromatic N) is 3. The number of benzene rings is 4. The number of hydrogen-bond acceptors (Lipinski definition) is 8. The first-order chi connectivity index (χ1) is 26.7. The zero-order valence-corrected chi connectivity index (χ0v) is 30.5. The lowest BCUT2D eigenvalue weighted by Crippen LogP contribution is -2.59. The molecule has 284 valence electrons. The topological polar surface area (TPSA) is 164 Å². The summed E-state index contributed by atoms with van der Waals surface area (Å²) in [6.45, 7) is 3.94. The van der Waals surface area contributed by atoms with Crippen LogP contribution in [0.25, 0.3) is 33.1 Å². The summed E-state index contributed by atoms with van der Waals surface area (Å²) >= 11 is 0. The van der Waals surface area contributed by atoms with E-state index in [1.807, 2.05) is 48.5 Å². The molecule has 5 heterocycles. The van der Waals surface area contributed by atoms with E-state index >= 15 is 0 Å². The first-order valence-corrected chi connectivity index (χ1v) is 19.0. The maximum absolute atomic E-state index is 12.9. The number of aliphatic hydroxyl groups is 1. The number of unbranched alkanes of at least 4 members (excludes halogenated alkanes) is 1. The number of aromatic nitrogens is 2. The molecule has 0 spiro atoms. The van der Waals surface area contributed by atoms with Crippen LogP contribution in [0, 0.1) is 5.92 Å². The number of aromatic amines is 1. The number of carbonyl (C=O) groups is 1. The third-order valence-corrected chi connectivity index (χ3v) is 11.3. The average molecular weight is 744 g/mol. The van der Waals surface area contributed by atoms with Crippen LogP contribution in [0.4, 0.5) is 10.5 Å². The van der Waals surface area contributed by atoms with Crippen molar-refractivity contribution < 1.29 is 24.5 Å². The number of phenols is 1. The molecule has 3 fully saturated rings. The average Bonchev–Trinajstić information content (AvgIpc) is 3.51. The summed E-state index contributed by atoms with van der Waals surface area (Å²) in [5, 5.41) is 35.5. The molecular formula is C43H45N5O7. The fourth-order valence-electron chi connectivity index (χ4n) is 8.49.